The minimum Gasteiger partial charge on any atom is -0.462 e. The summed E-state index contributed by atoms with van der Waals surface area (Å²) in [4.78, 5) is 17.2. The maximum atomic E-state index is 11.6. The molecule has 6 heteroatoms. The summed E-state index contributed by atoms with van der Waals surface area (Å²) in [6, 6.07) is 0. The number of amidine groups is 1. The summed E-state index contributed by atoms with van der Waals surface area (Å²) in [5, 5.41) is 10.1. The fraction of sp³-hybridized carbons (Fsp3) is 0.273. The molecule has 1 N–H and O–H groups in total. The first-order chi connectivity index (χ1) is 8.13. The van der Waals surface area contributed by atoms with Gasteiger partial charge >= 0.3 is 5.97 Å². The van der Waals surface area contributed by atoms with E-state index >= 15 is 0 Å². The number of allylic oxidation sites excluding steroid dienone is 2. The van der Waals surface area contributed by atoms with Crippen LogP contribution in [-0.2, 0) is 9.53 Å². The summed E-state index contributed by atoms with van der Waals surface area (Å²) in [7, 11) is 0. The fourth-order valence-electron chi connectivity index (χ4n) is 1.51. The van der Waals surface area contributed by atoms with Crippen LogP contribution in [0.15, 0.2) is 38.7 Å². The van der Waals surface area contributed by atoms with E-state index in [2.05, 4.69) is 27.6 Å². The van der Waals surface area contributed by atoms with E-state index in [-0.39, 0.29) is 12.2 Å². The number of carbonyl (C=O) groups is 1. The SMILES string of the molecule is CCOC(=O)C1=CN=C2C=CC(I)=CN2[C@H]1O. The molecule has 0 spiro atoms. The molecular weight excluding hydrogens is 335 g/mol. The number of aliphatic hydroxyl groups excluding tert-OH is 1. The fourth-order valence-corrected chi connectivity index (χ4v) is 1.99. The van der Waals surface area contributed by atoms with Crippen LogP contribution in [0.5, 0.6) is 0 Å². The van der Waals surface area contributed by atoms with Gasteiger partial charge in [0.15, 0.2) is 6.23 Å². The van der Waals surface area contributed by atoms with Crippen molar-refractivity contribution >= 4 is 34.4 Å². The zero-order valence-corrected chi connectivity index (χ0v) is 11.3. The summed E-state index contributed by atoms with van der Waals surface area (Å²) in [5.74, 6) is 0.0618. The van der Waals surface area contributed by atoms with Crippen LogP contribution in [0.25, 0.3) is 0 Å². The molecule has 0 aliphatic carbocycles. The lowest BCUT2D eigenvalue weighted by atomic mass is 10.1. The van der Waals surface area contributed by atoms with E-state index in [1.54, 1.807) is 19.2 Å². The number of hydrogen-bond acceptors (Lipinski definition) is 5. The Kier molecular flexibility index (Phi) is 3.63. The Hall–Kier alpha value is -1.15. The molecule has 0 amide bonds. The molecule has 1 atom stereocenters. The first kappa shape index (κ1) is 12.3. The lowest BCUT2D eigenvalue weighted by molar-refractivity contribution is -0.140. The second kappa shape index (κ2) is 5.01. The summed E-state index contributed by atoms with van der Waals surface area (Å²) in [6.45, 7) is 1.99. The number of fused-ring (bicyclic) bond motifs is 1. The number of rotatable bonds is 2. The number of esters is 1. The minimum absolute atomic E-state index is 0.145. The number of nitrogens with zero attached hydrogens (tertiary/aromatic N) is 2. The summed E-state index contributed by atoms with van der Waals surface area (Å²) in [5.41, 5.74) is 0.145. The van der Waals surface area contributed by atoms with Gasteiger partial charge in [-0.15, -0.1) is 0 Å². The molecule has 0 fully saturated rings. The minimum atomic E-state index is -1.05. The Balaban J connectivity index is 2.28. The Morgan fingerprint density at radius 2 is 2.41 bits per heavy atom. The van der Waals surface area contributed by atoms with E-state index in [4.69, 9.17) is 4.74 Å². The predicted molar refractivity (Wildman–Crippen MR) is 71.2 cm³/mol. The molecule has 90 valence electrons. The first-order valence-electron chi connectivity index (χ1n) is 5.10. The van der Waals surface area contributed by atoms with Crippen molar-refractivity contribution in [1.29, 1.82) is 0 Å². The quantitative estimate of drug-likeness (QED) is 0.605. The first-order valence-corrected chi connectivity index (χ1v) is 6.18. The van der Waals surface area contributed by atoms with Crippen LogP contribution in [0.1, 0.15) is 6.92 Å². The topological polar surface area (TPSA) is 62.1 Å². The van der Waals surface area contributed by atoms with Crippen molar-refractivity contribution in [2.75, 3.05) is 6.61 Å². The van der Waals surface area contributed by atoms with Crippen molar-refractivity contribution in [3.63, 3.8) is 0 Å². The molecule has 2 heterocycles. The Bertz CT molecular complexity index is 465. The molecule has 0 aromatic carbocycles. The van der Waals surface area contributed by atoms with Gasteiger partial charge in [0.25, 0.3) is 0 Å². The third kappa shape index (κ3) is 2.42. The van der Waals surface area contributed by atoms with Gasteiger partial charge in [0.2, 0.25) is 0 Å². The van der Waals surface area contributed by atoms with Gasteiger partial charge < -0.3 is 14.7 Å². The van der Waals surface area contributed by atoms with Gasteiger partial charge in [0.05, 0.1) is 6.61 Å². The number of hydrogen-bond donors (Lipinski definition) is 1. The summed E-state index contributed by atoms with van der Waals surface area (Å²) >= 11 is 2.13. The molecule has 2 aliphatic rings. The molecule has 2 rings (SSSR count). The van der Waals surface area contributed by atoms with Crippen LogP contribution < -0.4 is 0 Å². The average molecular weight is 346 g/mol. The van der Waals surface area contributed by atoms with Crippen LogP contribution in [0.3, 0.4) is 0 Å². The van der Waals surface area contributed by atoms with Crippen molar-refractivity contribution in [1.82, 2.24) is 4.90 Å². The average Bonchev–Trinajstić information content (AvgIpc) is 2.30. The van der Waals surface area contributed by atoms with Gasteiger partial charge in [-0.1, -0.05) is 0 Å². The largest absolute Gasteiger partial charge is 0.462 e. The maximum absolute atomic E-state index is 11.6. The third-order valence-corrected chi connectivity index (χ3v) is 2.95. The van der Waals surface area contributed by atoms with E-state index in [1.807, 2.05) is 6.08 Å². The monoisotopic (exact) mass is 346 g/mol. The number of halogens is 1. The van der Waals surface area contributed by atoms with E-state index in [9.17, 15) is 9.90 Å². The molecule has 17 heavy (non-hydrogen) atoms. The van der Waals surface area contributed by atoms with Crippen molar-refractivity contribution in [2.24, 2.45) is 4.99 Å². The van der Waals surface area contributed by atoms with Crippen molar-refractivity contribution in [3.05, 3.63) is 33.7 Å². The van der Waals surface area contributed by atoms with Crippen molar-refractivity contribution in [3.8, 4) is 0 Å². The van der Waals surface area contributed by atoms with E-state index in [1.165, 1.54) is 11.1 Å². The zero-order valence-electron chi connectivity index (χ0n) is 9.13. The van der Waals surface area contributed by atoms with E-state index in [0.717, 1.165) is 3.58 Å². The standard InChI is InChI=1S/C11H11IN2O3/c1-2-17-11(16)8-5-13-9-4-3-7(12)6-14(9)10(8)15/h3-6,10,15H,2H2,1H3/t10-/m0/s1. The molecule has 2 aliphatic heterocycles. The van der Waals surface area contributed by atoms with Gasteiger partial charge in [-0.25, -0.2) is 9.79 Å². The molecule has 5 nitrogen and oxygen atoms in total. The van der Waals surface area contributed by atoms with Crippen molar-refractivity contribution in [2.45, 2.75) is 13.2 Å². The number of ether oxygens (including phenoxy) is 1. The van der Waals surface area contributed by atoms with Crippen LogP contribution in [0.2, 0.25) is 0 Å². The summed E-state index contributed by atoms with van der Waals surface area (Å²) < 4.78 is 5.80. The Morgan fingerprint density at radius 3 is 3.12 bits per heavy atom. The second-order valence-electron chi connectivity index (χ2n) is 3.42. The molecule has 0 aromatic heterocycles. The molecule has 0 saturated heterocycles. The number of carbonyl (C=O) groups excluding carboxylic acids is 1. The van der Waals surface area contributed by atoms with Gasteiger partial charge in [-0.05, 0) is 41.7 Å². The number of aliphatic hydroxyl groups is 1. The molecule has 0 unspecified atom stereocenters. The molecular formula is C11H11IN2O3. The molecule has 0 saturated carbocycles. The van der Waals surface area contributed by atoms with Crippen LogP contribution in [0.4, 0.5) is 0 Å². The predicted octanol–water partition coefficient (Wildman–Crippen LogP) is 1.31. The van der Waals surface area contributed by atoms with Gasteiger partial charge in [-0.3, -0.25) is 0 Å². The Morgan fingerprint density at radius 1 is 1.65 bits per heavy atom. The normalized spacial score (nSPS) is 22.4. The number of aliphatic imine (C=N–C) groups is 1. The Labute approximate surface area is 112 Å². The second-order valence-corrected chi connectivity index (χ2v) is 4.67. The molecule has 0 radical (unpaired) electrons. The lowest BCUT2D eigenvalue weighted by Crippen LogP contribution is -2.42. The van der Waals surface area contributed by atoms with Crippen LogP contribution in [-0.4, -0.2) is 34.6 Å². The van der Waals surface area contributed by atoms with Gasteiger partial charge in [0, 0.05) is 16.0 Å². The lowest BCUT2D eigenvalue weighted by Gasteiger charge is -2.31. The third-order valence-electron chi connectivity index (χ3n) is 2.31. The van der Waals surface area contributed by atoms with Crippen LogP contribution >= 0.6 is 22.6 Å². The highest BCUT2D eigenvalue weighted by Crippen LogP contribution is 2.23. The highest BCUT2D eigenvalue weighted by atomic mass is 127. The maximum Gasteiger partial charge on any atom is 0.340 e. The highest BCUT2D eigenvalue weighted by molar-refractivity contribution is 14.1. The summed E-state index contributed by atoms with van der Waals surface area (Å²) in [6.07, 6.45) is 5.70. The zero-order chi connectivity index (χ0) is 12.4. The van der Waals surface area contributed by atoms with Crippen LogP contribution in [0, 0.1) is 0 Å². The van der Waals surface area contributed by atoms with Gasteiger partial charge in [-0.2, -0.15) is 0 Å². The highest BCUT2D eigenvalue weighted by Gasteiger charge is 2.30. The van der Waals surface area contributed by atoms with Gasteiger partial charge in [0.1, 0.15) is 11.4 Å². The van der Waals surface area contributed by atoms with E-state index in [0.29, 0.717) is 5.84 Å². The van der Waals surface area contributed by atoms with Crippen molar-refractivity contribution < 1.29 is 14.6 Å². The van der Waals surface area contributed by atoms with E-state index < -0.39 is 12.2 Å². The smallest absolute Gasteiger partial charge is 0.340 e. The molecule has 0 aromatic rings. The molecule has 0 bridgehead atoms.